The van der Waals surface area contributed by atoms with E-state index in [1.165, 1.54) is 18.5 Å². The Balaban J connectivity index is 1.53. The Kier molecular flexibility index (Phi) is 6.40. The van der Waals surface area contributed by atoms with Crippen LogP contribution in [0.3, 0.4) is 0 Å². The molecule has 1 aliphatic rings. The standard InChI is InChI=1S/C25H21F4N5O2/c1-14(17-10-30-24(31-11-17)25(27,28)29)34-23-20-8-16(15-2-4-18(26)5-3-15)9-21(22(20)32-13-33-23)36-19-6-7-35-12-19/h2-5,8-11,13-14,19H,6-7,12H2,1H3,(H,32,33,34)/t14-,19?/m1/s1. The molecule has 2 atom stereocenters. The van der Waals surface area contributed by atoms with Crippen LogP contribution in [0.1, 0.15) is 30.8 Å². The van der Waals surface area contributed by atoms with E-state index >= 15 is 0 Å². The Morgan fingerprint density at radius 1 is 1.03 bits per heavy atom. The van der Waals surface area contributed by atoms with E-state index in [1.54, 1.807) is 19.1 Å². The molecule has 0 bridgehead atoms. The molecule has 0 amide bonds. The number of halogens is 4. The van der Waals surface area contributed by atoms with Crippen molar-refractivity contribution in [2.24, 2.45) is 0 Å². The van der Waals surface area contributed by atoms with Crippen LogP contribution in [0.2, 0.25) is 0 Å². The lowest BCUT2D eigenvalue weighted by atomic mass is 10.0. The van der Waals surface area contributed by atoms with Crippen molar-refractivity contribution in [2.75, 3.05) is 18.5 Å². The van der Waals surface area contributed by atoms with Crippen LogP contribution in [0.25, 0.3) is 22.0 Å². The second kappa shape index (κ2) is 9.65. The average molecular weight is 499 g/mol. The SMILES string of the molecule is C[C@@H](Nc1ncnc2c(OC3CCOC3)cc(-c3ccc(F)cc3)cc12)c1cnc(C(F)(F)F)nc1. The molecule has 0 aliphatic carbocycles. The molecule has 0 radical (unpaired) electrons. The van der Waals surface area contributed by atoms with Crippen LogP contribution in [-0.4, -0.2) is 39.3 Å². The third kappa shape index (κ3) is 5.06. The van der Waals surface area contributed by atoms with Gasteiger partial charge in [-0.2, -0.15) is 13.2 Å². The van der Waals surface area contributed by atoms with Crippen LogP contribution < -0.4 is 10.1 Å². The maximum absolute atomic E-state index is 13.5. The largest absolute Gasteiger partial charge is 0.486 e. The molecule has 1 fully saturated rings. The highest BCUT2D eigenvalue weighted by Gasteiger charge is 2.34. The lowest BCUT2D eigenvalue weighted by molar-refractivity contribution is -0.145. The first-order valence-corrected chi connectivity index (χ1v) is 11.2. The summed E-state index contributed by atoms with van der Waals surface area (Å²) in [5.74, 6) is -0.577. The number of nitrogens with one attached hydrogen (secondary N) is 1. The molecule has 11 heteroatoms. The molecule has 1 N–H and O–H groups in total. The van der Waals surface area contributed by atoms with Crippen LogP contribution in [0.5, 0.6) is 5.75 Å². The third-order valence-corrected chi connectivity index (χ3v) is 5.84. The molecule has 7 nitrogen and oxygen atoms in total. The van der Waals surface area contributed by atoms with Gasteiger partial charge in [0.1, 0.15) is 35.3 Å². The van der Waals surface area contributed by atoms with Gasteiger partial charge in [0.05, 0.1) is 19.3 Å². The lowest BCUT2D eigenvalue weighted by Gasteiger charge is -2.19. The zero-order valence-electron chi connectivity index (χ0n) is 19.1. The van der Waals surface area contributed by atoms with Crippen molar-refractivity contribution in [3.05, 3.63) is 72.3 Å². The number of hydrogen-bond donors (Lipinski definition) is 1. The summed E-state index contributed by atoms with van der Waals surface area (Å²) in [6, 6.07) is 9.32. The summed E-state index contributed by atoms with van der Waals surface area (Å²) in [4.78, 5) is 15.7. The molecule has 1 unspecified atom stereocenters. The molecule has 1 aliphatic heterocycles. The Morgan fingerprint density at radius 2 is 1.78 bits per heavy atom. The van der Waals surface area contributed by atoms with Crippen molar-refractivity contribution in [1.82, 2.24) is 19.9 Å². The molecule has 186 valence electrons. The van der Waals surface area contributed by atoms with E-state index in [-0.39, 0.29) is 11.9 Å². The number of alkyl halides is 3. The van der Waals surface area contributed by atoms with Crippen LogP contribution >= 0.6 is 0 Å². The van der Waals surface area contributed by atoms with E-state index in [4.69, 9.17) is 9.47 Å². The van der Waals surface area contributed by atoms with Gasteiger partial charge in [0.25, 0.3) is 0 Å². The predicted molar refractivity (Wildman–Crippen MR) is 124 cm³/mol. The molecule has 36 heavy (non-hydrogen) atoms. The molecule has 0 saturated carbocycles. The number of benzene rings is 2. The Bertz CT molecular complexity index is 1360. The summed E-state index contributed by atoms with van der Waals surface area (Å²) in [5.41, 5.74) is 2.54. The molecule has 3 heterocycles. The minimum atomic E-state index is -4.62. The van der Waals surface area contributed by atoms with Gasteiger partial charge in [-0.3, -0.25) is 0 Å². The molecule has 1 saturated heterocycles. The van der Waals surface area contributed by atoms with E-state index < -0.39 is 18.0 Å². The van der Waals surface area contributed by atoms with Crippen molar-refractivity contribution in [3.63, 3.8) is 0 Å². The fraction of sp³-hybridized carbons (Fsp3) is 0.280. The summed E-state index contributed by atoms with van der Waals surface area (Å²) in [7, 11) is 0. The number of ether oxygens (including phenoxy) is 2. The van der Waals surface area contributed by atoms with E-state index in [2.05, 4.69) is 25.3 Å². The maximum atomic E-state index is 13.5. The monoisotopic (exact) mass is 499 g/mol. The van der Waals surface area contributed by atoms with Gasteiger partial charge in [-0.05, 0) is 42.3 Å². The van der Waals surface area contributed by atoms with E-state index in [0.29, 0.717) is 41.2 Å². The van der Waals surface area contributed by atoms with Gasteiger partial charge in [-0.15, -0.1) is 0 Å². The fourth-order valence-corrected chi connectivity index (χ4v) is 3.93. The van der Waals surface area contributed by atoms with Gasteiger partial charge in [0.2, 0.25) is 5.82 Å². The average Bonchev–Trinajstić information content (AvgIpc) is 3.37. The second-order valence-electron chi connectivity index (χ2n) is 8.41. The summed E-state index contributed by atoms with van der Waals surface area (Å²) in [6.07, 6.45) is -0.355. The van der Waals surface area contributed by atoms with Crippen LogP contribution in [0.15, 0.2) is 55.1 Å². The Morgan fingerprint density at radius 3 is 2.44 bits per heavy atom. The van der Waals surface area contributed by atoms with Crippen molar-refractivity contribution in [3.8, 4) is 16.9 Å². The van der Waals surface area contributed by atoms with Gasteiger partial charge >= 0.3 is 6.18 Å². The van der Waals surface area contributed by atoms with Gasteiger partial charge < -0.3 is 14.8 Å². The number of aromatic nitrogens is 4. The highest BCUT2D eigenvalue weighted by atomic mass is 19.4. The topological polar surface area (TPSA) is 82.1 Å². The Hall–Kier alpha value is -3.86. The number of nitrogens with zero attached hydrogens (tertiary/aromatic N) is 4. The lowest BCUT2D eigenvalue weighted by Crippen LogP contribution is -2.16. The Labute approximate surface area is 203 Å². The van der Waals surface area contributed by atoms with Crippen LogP contribution in [0.4, 0.5) is 23.4 Å². The molecular formula is C25H21F4N5O2. The molecule has 2 aromatic carbocycles. The van der Waals surface area contributed by atoms with E-state index in [9.17, 15) is 17.6 Å². The van der Waals surface area contributed by atoms with Crippen LogP contribution in [-0.2, 0) is 10.9 Å². The zero-order valence-corrected chi connectivity index (χ0v) is 19.1. The smallest absolute Gasteiger partial charge is 0.451 e. The van der Waals surface area contributed by atoms with Gasteiger partial charge in [-0.25, -0.2) is 24.3 Å². The maximum Gasteiger partial charge on any atom is 0.451 e. The van der Waals surface area contributed by atoms with E-state index in [0.717, 1.165) is 29.9 Å². The quantitative estimate of drug-likeness (QED) is 0.347. The zero-order chi connectivity index (χ0) is 25.3. The van der Waals surface area contributed by atoms with Crippen molar-refractivity contribution >= 4 is 16.7 Å². The fourth-order valence-electron chi connectivity index (χ4n) is 3.93. The van der Waals surface area contributed by atoms with Crippen LogP contribution in [0, 0.1) is 5.82 Å². The molecular weight excluding hydrogens is 478 g/mol. The van der Waals surface area contributed by atoms with Crippen molar-refractivity contribution in [1.29, 1.82) is 0 Å². The molecule has 0 spiro atoms. The van der Waals surface area contributed by atoms with Gasteiger partial charge in [0.15, 0.2) is 0 Å². The number of fused-ring (bicyclic) bond motifs is 1. The summed E-state index contributed by atoms with van der Waals surface area (Å²) >= 11 is 0. The van der Waals surface area contributed by atoms with Gasteiger partial charge in [0, 0.05) is 29.8 Å². The number of anilines is 1. The summed E-state index contributed by atoms with van der Waals surface area (Å²) < 4.78 is 63.7. The normalized spacial score (nSPS) is 16.8. The predicted octanol–water partition coefficient (Wildman–Crippen LogP) is 5.59. The first kappa shape index (κ1) is 23.9. The molecule has 5 rings (SSSR count). The van der Waals surface area contributed by atoms with E-state index in [1.807, 2.05) is 12.1 Å². The third-order valence-electron chi connectivity index (χ3n) is 5.84. The minimum Gasteiger partial charge on any atom is -0.486 e. The summed E-state index contributed by atoms with van der Waals surface area (Å²) in [6.45, 7) is 2.83. The molecule has 2 aromatic heterocycles. The van der Waals surface area contributed by atoms with Crippen molar-refractivity contribution in [2.45, 2.75) is 31.7 Å². The molecule has 4 aromatic rings. The number of rotatable bonds is 6. The highest BCUT2D eigenvalue weighted by Crippen LogP contribution is 2.36. The van der Waals surface area contributed by atoms with Gasteiger partial charge in [-0.1, -0.05) is 12.1 Å². The highest BCUT2D eigenvalue weighted by molar-refractivity contribution is 5.96. The van der Waals surface area contributed by atoms with Crippen molar-refractivity contribution < 1.29 is 27.0 Å². The summed E-state index contributed by atoms with van der Waals surface area (Å²) in [5, 5.41) is 3.85. The second-order valence-corrected chi connectivity index (χ2v) is 8.41. The number of hydrogen-bond acceptors (Lipinski definition) is 7. The first-order chi connectivity index (χ1) is 17.3. The minimum absolute atomic E-state index is 0.133. The first-order valence-electron chi connectivity index (χ1n) is 11.2.